The Hall–Kier alpha value is -1.28. The van der Waals surface area contributed by atoms with Crippen LogP contribution in [0.4, 0.5) is 0 Å². The van der Waals surface area contributed by atoms with Crippen LogP contribution in [-0.2, 0) is 13.0 Å². The van der Waals surface area contributed by atoms with E-state index >= 15 is 0 Å². The molecule has 2 aromatic rings. The van der Waals surface area contributed by atoms with Crippen LogP contribution in [-0.4, -0.2) is 17.2 Å². The van der Waals surface area contributed by atoms with Crippen LogP contribution in [0.2, 0.25) is 0 Å². The Morgan fingerprint density at radius 3 is 2.81 bits per heavy atom. The van der Waals surface area contributed by atoms with Crippen molar-refractivity contribution in [1.29, 1.82) is 0 Å². The van der Waals surface area contributed by atoms with Gasteiger partial charge >= 0.3 is 0 Å². The topological polar surface area (TPSA) is 17.0 Å². The Labute approximate surface area is 128 Å². The third kappa shape index (κ3) is 3.88. The van der Waals surface area contributed by atoms with E-state index in [0.29, 0.717) is 0 Å². The molecule has 0 radical (unpaired) electrons. The highest BCUT2D eigenvalue weighted by atomic mass is 15.0. The molecule has 0 unspecified atom stereocenters. The molecule has 0 atom stereocenters. The van der Waals surface area contributed by atoms with E-state index in [2.05, 4.69) is 47.3 Å². The van der Waals surface area contributed by atoms with E-state index in [0.717, 1.165) is 25.6 Å². The molecule has 2 heteroatoms. The summed E-state index contributed by atoms with van der Waals surface area (Å²) in [6.45, 7) is 4.56. The normalized spacial score (nSPS) is 14.9. The number of fused-ring (bicyclic) bond motifs is 1. The van der Waals surface area contributed by atoms with Crippen molar-refractivity contribution in [3.63, 3.8) is 0 Å². The van der Waals surface area contributed by atoms with Crippen molar-refractivity contribution < 1.29 is 0 Å². The lowest BCUT2D eigenvalue weighted by atomic mass is 10.1. The predicted molar refractivity (Wildman–Crippen MR) is 90.8 cm³/mol. The van der Waals surface area contributed by atoms with Gasteiger partial charge in [-0.3, -0.25) is 0 Å². The Bertz CT molecular complexity index is 566. The van der Waals surface area contributed by atoms with Gasteiger partial charge in [-0.2, -0.15) is 0 Å². The van der Waals surface area contributed by atoms with Crippen LogP contribution >= 0.6 is 0 Å². The molecule has 2 nitrogen and oxygen atoms in total. The molecule has 0 aliphatic heterocycles. The maximum Gasteiger partial charge on any atom is 0.0483 e. The van der Waals surface area contributed by atoms with E-state index < -0.39 is 0 Å². The second-order valence-electron chi connectivity index (χ2n) is 6.40. The summed E-state index contributed by atoms with van der Waals surface area (Å²) >= 11 is 0. The first-order chi connectivity index (χ1) is 10.4. The molecular weight excluding hydrogens is 256 g/mol. The fraction of sp³-hybridized carbons (Fsp3) is 0.579. The van der Waals surface area contributed by atoms with Crippen molar-refractivity contribution in [1.82, 2.24) is 9.88 Å². The molecule has 1 aliphatic rings. The van der Waals surface area contributed by atoms with Gasteiger partial charge in [0.25, 0.3) is 0 Å². The van der Waals surface area contributed by atoms with E-state index in [9.17, 15) is 0 Å². The summed E-state index contributed by atoms with van der Waals surface area (Å²) in [5, 5.41) is 5.08. The van der Waals surface area contributed by atoms with Gasteiger partial charge < -0.3 is 9.88 Å². The summed E-state index contributed by atoms with van der Waals surface area (Å²) in [5.74, 6) is 0. The second kappa shape index (κ2) is 7.13. The first kappa shape index (κ1) is 14.6. The third-order valence-corrected chi connectivity index (χ3v) is 4.53. The minimum Gasteiger partial charge on any atom is -0.347 e. The number of unbranched alkanes of at least 4 members (excludes halogenated alkanes) is 3. The lowest BCUT2D eigenvalue weighted by molar-refractivity contribution is 0.592. The molecule has 0 bridgehead atoms. The molecule has 1 fully saturated rings. The van der Waals surface area contributed by atoms with Crippen LogP contribution in [0.5, 0.6) is 0 Å². The molecule has 1 aliphatic carbocycles. The predicted octanol–water partition coefficient (Wildman–Crippen LogP) is 4.52. The molecule has 1 heterocycles. The molecule has 114 valence electrons. The van der Waals surface area contributed by atoms with Crippen molar-refractivity contribution in [2.45, 2.75) is 64.5 Å². The molecular formula is C19H28N2. The van der Waals surface area contributed by atoms with E-state index in [1.54, 1.807) is 0 Å². The number of hydrogen-bond acceptors (Lipinski definition) is 1. The molecule has 3 rings (SSSR count). The van der Waals surface area contributed by atoms with Gasteiger partial charge in [0.2, 0.25) is 0 Å². The SMILES string of the molecule is CCCCCCn1cc(CCNC2CC2)c2ccccc21. The summed E-state index contributed by atoms with van der Waals surface area (Å²) in [4.78, 5) is 0. The minimum atomic E-state index is 0.812. The van der Waals surface area contributed by atoms with Crippen molar-refractivity contribution in [2.24, 2.45) is 0 Å². The highest BCUT2D eigenvalue weighted by Gasteiger charge is 2.19. The fourth-order valence-electron chi connectivity index (χ4n) is 3.11. The average molecular weight is 284 g/mol. The molecule has 1 aromatic heterocycles. The smallest absolute Gasteiger partial charge is 0.0483 e. The van der Waals surface area contributed by atoms with Gasteiger partial charge in [-0.25, -0.2) is 0 Å². The molecule has 0 saturated heterocycles. The Morgan fingerprint density at radius 1 is 1.14 bits per heavy atom. The summed E-state index contributed by atoms with van der Waals surface area (Å²) in [6, 6.07) is 9.70. The zero-order chi connectivity index (χ0) is 14.5. The molecule has 0 amide bonds. The zero-order valence-electron chi connectivity index (χ0n) is 13.3. The molecule has 1 N–H and O–H groups in total. The van der Waals surface area contributed by atoms with Crippen LogP contribution in [0.25, 0.3) is 10.9 Å². The number of nitrogens with zero attached hydrogens (tertiary/aromatic N) is 1. The number of aromatic nitrogens is 1. The van der Waals surface area contributed by atoms with Crippen molar-refractivity contribution >= 4 is 10.9 Å². The maximum absolute atomic E-state index is 3.63. The quantitative estimate of drug-likeness (QED) is 0.670. The number of rotatable bonds is 9. The van der Waals surface area contributed by atoms with Crippen LogP contribution in [0.3, 0.4) is 0 Å². The minimum absolute atomic E-state index is 0.812. The van der Waals surface area contributed by atoms with Gasteiger partial charge in [0, 0.05) is 29.7 Å². The molecule has 21 heavy (non-hydrogen) atoms. The van der Waals surface area contributed by atoms with Crippen LogP contribution in [0.15, 0.2) is 30.5 Å². The Kier molecular flexibility index (Phi) is 4.97. The lowest BCUT2D eigenvalue weighted by Crippen LogP contribution is -2.19. The highest BCUT2D eigenvalue weighted by molar-refractivity contribution is 5.84. The summed E-state index contributed by atoms with van der Waals surface area (Å²) < 4.78 is 2.47. The molecule has 1 saturated carbocycles. The van der Waals surface area contributed by atoms with E-state index in [1.807, 2.05) is 0 Å². The first-order valence-electron chi connectivity index (χ1n) is 8.68. The average Bonchev–Trinajstić information content (AvgIpc) is 3.27. The van der Waals surface area contributed by atoms with Gasteiger partial charge in [0.15, 0.2) is 0 Å². The number of nitrogens with one attached hydrogen (secondary N) is 1. The van der Waals surface area contributed by atoms with Gasteiger partial charge in [-0.1, -0.05) is 44.4 Å². The van der Waals surface area contributed by atoms with Gasteiger partial charge in [-0.05, 0) is 43.9 Å². The number of para-hydroxylation sites is 1. The standard InChI is InChI=1S/C19H28N2/c1-2-3-4-7-14-21-15-16(12-13-20-17-10-11-17)18-8-5-6-9-19(18)21/h5-6,8-9,15,17,20H,2-4,7,10-14H2,1H3. The number of aryl methyl sites for hydroxylation is 1. The van der Waals surface area contributed by atoms with E-state index in [4.69, 9.17) is 0 Å². The lowest BCUT2D eigenvalue weighted by Gasteiger charge is -2.04. The summed E-state index contributed by atoms with van der Waals surface area (Å²) in [6.07, 6.45) is 11.6. The Balaban J connectivity index is 1.66. The van der Waals surface area contributed by atoms with Gasteiger partial charge in [-0.15, -0.1) is 0 Å². The summed E-state index contributed by atoms with van der Waals surface area (Å²) in [5.41, 5.74) is 2.92. The second-order valence-corrected chi connectivity index (χ2v) is 6.40. The van der Waals surface area contributed by atoms with Crippen LogP contribution in [0, 0.1) is 0 Å². The maximum atomic E-state index is 3.63. The van der Waals surface area contributed by atoms with E-state index in [1.165, 1.54) is 55.0 Å². The number of hydrogen-bond donors (Lipinski definition) is 1. The first-order valence-corrected chi connectivity index (χ1v) is 8.68. The molecule has 0 spiro atoms. The fourth-order valence-corrected chi connectivity index (χ4v) is 3.11. The van der Waals surface area contributed by atoms with Crippen LogP contribution < -0.4 is 5.32 Å². The summed E-state index contributed by atoms with van der Waals surface area (Å²) in [7, 11) is 0. The van der Waals surface area contributed by atoms with Crippen molar-refractivity contribution in [2.75, 3.05) is 6.54 Å². The monoisotopic (exact) mass is 284 g/mol. The molecule has 1 aromatic carbocycles. The highest BCUT2D eigenvalue weighted by Crippen LogP contribution is 2.23. The van der Waals surface area contributed by atoms with E-state index in [-0.39, 0.29) is 0 Å². The Morgan fingerprint density at radius 2 is 2.00 bits per heavy atom. The largest absolute Gasteiger partial charge is 0.347 e. The van der Waals surface area contributed by atoms with Crippen molar-refractivity contribution in [3.05, 3.63) is 36.0 Å². The number of benzene rings is 1. The van der Waals surface area contributed by atoms with Gasteiger partial charge in [0.05, 0.1) is 0 Å². The van der Waals surface area contributed by atoms with Crippen LogP contribution in [0.1, 0.15) is 51.0 Å². The van der Waals surface area contributed by atoms with Gasteiger partial charge in [0.1, 0.15) is 0 Å². The van der Waals surface area contributed by atoms with Crippen molar-refractivity contribution in [3.8, 4) is 0 Å². The zero-order valence-corrected chi connectivity index (χ0v) is 13.3. The third-order valence-electron chi connectivity index (χ3n) is 4.53.